The van der Waals surface area contributed by atoms with Crippen LogP contribution in [0.25, 0.3) is 0 Å². The monoisotopic (exact) mass is 273 g/mol. The SMILES string of the molecule is CCN(CC)C(=O)CC(CN)N(C)CCOC(C)C. The van der Waals surface area contributed by atoms with Crippen molar-refractivity contribution in [3.05, 3.63) is 0 Å². The summed E-state index contributed by atoms with van der Waals surface area (Å²) in [5, 5.41) is 0. The van der Waals surface area contributed by atoms with Crippen molar-refractivity contribution in [2.45, 2.75) is 46.3 Å². The summed E-state index contributed by atoms with van der Waals surface area (Å²) in [5.41, 5.74) is 5.78. The summed E-state index contributed by atoms with van der Waals surface area (Å²) in [5.74, 6) is 0.178. The third-order valence-electron chi connectivity index (χ3n) is 3.32. The van der Waals surface area contributed by atoms with E-state index in [2.05, 4.69) is 4.90 Å². The van der Waals surface area contributed by atoms with Crippen LogP contribution in [0.2, 0.25) is 0 Å². The molecule has 0 heterocycles. The number of likely N-dealkylation sites (N-methyl/N-ethyl adjacent to an activating group) is 1. The summed E-state index contributed by atoms with van der Waals surface area (Å²) in [6.07, 6.45) is 0.720. The van der Waals surface area contributed by atoms with Crippen LogP contribution in [0, 0.1) is 0 Å². The molecule has 5 nitrogen and oxygen atoms in total. The van der Waals surface area contributed by atoms with Crippen molar-refractivity contribution < 1.29 is 9.53 Å². The van der Waals surface area contributed by atoms with Crippen molar-refractivity contribution >= 4 is 5.91 Å². The lowest BCUT2D eigenvalue weighted by Crippen LogP contribution is -2.44. The van der Waals surface area contributed by atoms with E-state index in [4.69, 9.17) is 10.5 Å². The van der Waals surface area contributed by atoms with Gasteiger partial charge in [-0.25, -0.2) is 0 Å². The van der Waals surface area contributed by atoms with Crippen LogP contribution in [0.15, 0.2) is 0 Å². The molecule has 0 aliphatic rings. The Morgan fingerprint density at radius 1 is 1.26 bits per heavy atom. The van der Waals surface area contributed by atoms with Gasteiger partial charge >= 0.3 is 0 Å². The fourth-order valence-corrected chi connectivity index (χ4v) is 1.94. The van der Waals surface area contributed by atoms with Crippen molar-refractivity contribution in [1.29, 1.82) is 0 Å². The van der Waals surface area contributed by atoms with E-state index >= 15 is 0 Å². The van der Waals surface area contributed by atoms with Crippen LogP contribution in [0.3, 0.4) is 0 Å². The molecule has 0 radical (unpaired) electrons. The van der Waals surface area contributed by atoms with Crippen LogP contribution < -0.4 is 5.73 Å². The maximum absolute atomic E-state index is 12.1. The second-order valence-electron chi connectivity index (χ2n) is 5.06. The number of ether oxygens (including phenoxy) is 1. The molecule has 0 aromatic rings. The second kappa shape index (κ2) is 10.2. The number of nitrogens with zero attached hydrogens (tertiary/aromatic N) is 2. The van der Waals surface area contributed by atoms with Crippen LogP contribution in [-0.4, -0.2) is 67.7 Å². The number of hydrogen-bond donors (Lipinski definition) is 1. The topological polar surface area (TPSA) is 58.8 Å². The number of hydrogen-bond acceptors (Lipinski definition) is 4. The van der Waals surface area contributed by atoms with Gasteiger partial charge in [-0.1, -0.05) is 0 Å². The first-order valence-electron chi connectivity index (χ1n) is 7.25. The molecule has 0 fully saturated rings. The molecule has 0 aromatic carbocycles. The van der Waals surface area contributed by atoms with Gasteiger partial charge in [-0.15, -0.1) is 0 Å². The maximum Gasteiger partial charge on any atom is 0.224 e. The highest BCUT2D eigenvalue weighted by molar-refractivity contribution is 5.76. The Bertz CT molecular complexity index is 243. The van der Waals surface area contributed by atoms with Gasteiger partial charge in [0.1, 0.15) is 0 Å². The number of carbonyl (C=O) groups excluding carboxylic acids is 1. The Kier molecular flexibility index (Phi) is 9.83. The summed E-state index contributed by atoms with van der Waals surface area (Å²) < 4.78 is 5.52. The fraction of sp³-hybridized carbons (Fsp3) is 0.929. The Labute approximate surface area is 118 Å². The highest BCUT2D eigenvalue weighted by Gasteiger charge is 2.19. The van der Waals surface area contributed by atoms with Gasteiger partial charge in [0, 0.05) is 38.6 Å². The average molecular weight is 273 g/mol. The van der Waals surface area contributed by atoms with Crippen molar-refractivity contribution in [3.8, 4) is 0 Å². The molecule has 114 valence electrons. The molecule has 0 aromatic heterocycles. The molecule has 1 unspecified atom stereocenters. The normalized spacial score (nSPS) is 13.1. The molecular formula is C14H31N3O2. The van der Waals surface area contributed by atoms with E-state index in [0.29, 0.717) is 19.6 Å². The molecule has 0 spiro atoms. The lowest BCUT2D eigenvalue weighted by atomic mass is 10.1. The highest BCUT2D eigenvalue weighted by atomic mass is 16.5. The zero-order valence-electron chi connectivity index (χ0n) is 13.2. The van der Waals surface area contributed by atoms with Crippen molar-refractivity contribution in [3.63, 3.8) is 0 Å². The first-order valence-corrected chi connectivity index (χ1v) is 7.25. The minimum absolute atomic E-state index is 0.0869. The Morgan fingerprint density at radius 2 is 1.84 bits per heavy atom. The molecule has 5 heteroatoms. The molecule has 0 saturated carbocycles. The molecule has 0 bridgehead atoms. The molecule has 1 amide bonds. The van der Waals surface area contributed by atoms with Crippen molar-refractivity contribution in [2.24, 2.45) is 5.73 Å². The van der Waals surface area contributed by atoms with Crippen LogP contribution >= 0.6 is 0 Å². The van der Waals surface area contributed by atoms with Crippen LogP contribution in [0.1, 0.15) is 34.1 Å². The third-order valence-corrected chi connectivity index (χ3v) is 3.32. The van der Waals surface area contributed by atoms with E-state index in [1.165, 1.54) is 0 Å². The molecular weight excluding hydrogens is 242 g/mol. The lowest BCUT2D eigenvalue weighted by Gasteiger charge is -2.29. The maximum atomic E-state index is 12.1. The first kappa shape index (κ1) is 18.4. The number of nitrogens with two attached hydrogens (primary N) is 1. The predicted octanol–water partition coefficient (Wildman–Crippen LogP) is 0.929. The number of carbonyl (C=O) groups is 1. The summed E-state index contributed by atoms with van der Waals surface area (Å²) >= 11 is 0. The Hall–Kier alpha value is -0.650. The van der Waals surface area contributed by atoms with Crippen molar-refractivity contribution in [2.75, 3.05) is 39.8 Å². The molecule has 2 N–H and O–H groups in total. The zero-order chi connectivity index (χ0) is 14.8. The fourth-order valence-electron chi connectivity index (χ4n) is 1.94. The van der Waals surface area contributed by atoms with Gasteiger partial charge in [0.15, 0.2) is 0 Å². The molecule has 0 aliphatic carbocycles. The van der Waals surface area contributed by atoms with E-state index in [1.807, 2.05) is 39.6 Å². The highest BCUT2D eigenvalue weighted by Crippen LogP contribution is 2.05. The predicted molar refractivity (Wildman–Crippen MR) is 79.1 cm³/mol. The van der Waals surface area contributed by atoms with Gasteiger partial charge in [0.05, 0.1) is 12.7 Å². The number of rotatable bonds is 10. The van der Waals surface area contributed by atoms with Crippen molar-refractivity contribution in [1.82, 2.24) is 9.80 Å². The van der Waals surface area contributed by atoms with Gasteiger partial charge in [-0.05, 0) is 34.7 Å². The van der Waals surface area contributed by atoms with E-state index in [9.17, 15) is 4.79 Å². The van der Waals surface area contributed by atoms with E-state index < -0.39 is 0 Å². The third kappa shape index (κ3) is 7.50. The Morgan fingerprint density at radius 3 is 2.26 bits per heavy atom. The number of amides is 1. The van der Waals surface area contributed by atoms with Gasteiger partial charge in [0.25, 0.3) is 0 Å². The molecule has 0 saturated heterocycles. The zero-order valence-corrected chi connectivity index (χ0v) is 13.2. The summed E-state index contributed by atoms with van der Waals surface area (Å²) in [6, 6.07) is 0.0869. The van der Waals surface area contributed by atoms with Gasteiger partial charge in [-0.2, -0.15) is 0 Å². The van der Waals surface area contributed by atoms with Crippen LogP contribution in [0.4, 0.5) is 0 Å². The van der Waals surface area contributed by atoms with E-state index in [0.717, 1.165) is 19.6 Å². The largest absolute Gasteiger partial charge is 0.377 e. The van der Waals surface area contributed by atoms with Gasteiger partial charge in [0.2, 0.25) is 5.91 Å². The first-order chi connectivity index (χ1) is 8.96. The average Bonchev–Trinajstić information content (AvgIpc) is 2.36. The second-order valence-corrected chi connectivity index (χ2v) is 5.06. The smallest absolute Gasteiger partial charge is 0.224 e. The summed E-state index contributed by atoms with van der Waals surface area (Å²) in [4.78, 5) is 16.0. The van der Waals surface area contributed by atoms with E-state index in [-0.39, 0.29) is 18.1 Å². The van der Waals surface area contributed by atoms with Crippen LogP contribution in [-0.2, 0) is 9.53 Å². The van der Waals surface area contributed by atoms with Gasteiger partial charge in [-0.3, -0.25) is 9.69 Å². The molecule has 1 atom stereocenters. The molecule has 0 rings (SSSR count). The standard InChI is InChI=1S/C14H31N3O2/c1-6-17(7-2)14(18)10-13(11-15)16(5)8-9-19-12(3)4/h12-13H,6-11,15H2,1-5H3. The minimum atomic E-state index is 0.0869. The molecule has 0 aliphatic heterocycles. The lowest BCUT2D eigenvalue weighted by molar-refractivity contribution is -0.132. The summed E-state index contributed by atoms with van der Waals surface area (Å²) in [6.45, 7) is 11.5. The summed E-state index contributed by atoms with van der Waals surface area (Å²) in [7, 11) is 2.00. The minimum Gasteiger partial charge on any atom is -0.377 e. The Balaban J connectivity index is 4.21. The quantitative estimate of drug-likeness (QED) is 0.643. The van der Waals surface area contributed by atoms with E-state index in [1.54, 1.807) is 0 Å². The van der Waals surface area contributed by atoms with Crippen LogP contribution in [0.5, 0.6) is 0 Å². The molecule has 19 heavy (non-hydrogen) atoms. The van der Waals surface area contributed by atoms with Gasteiger partial charge < -0.3 is 15.4 Å².